The lowest BCUT2D eigenvalue weighted by atomic mass is 10.3. The molecule has 0 saturated carbocycles. The topological polar surface area (TPSA) is 68.3 Å². The normalized spacial score (nSPS) is 10.5. The fourth-order valence-electron chi connectivity index (χ4n) is 1.98. The summed E-state index contributed by atoms with van der Waals surface area (Å²) in [6.45, 7) is 2.82. The highest BCUT2D eigenvalue weighted by Crippen LogP contribution is 2.23. The summed E-state index contributed by atoms with van der Waals surface area (Å²) in [4.78, 5) is 28.9. The maximum absolute atomic E-state index is 11.9. The van der Waals surface area contributed by atoms with Crippen molar-refractivity contribution >= 4 is 46.7 Å². The molecular weight excluding hydrogens is 388 g/mol. The first-order chi connectivity index (χ1) is 12.7. The summed E-state index contributed by atoms with van der Waals surface area (Å²) >= 11 is 4.62. The Morgan fingerprint density at radius 2 is 2.04 bits per heavy atom. The zero-order chi connectivity index (χ0) is 18.6. The molecule has 0 saturated heterocycles. The molecule has 1 N–H and O–H groups in total. The van der Waals surface area contributed by atoms with E-state index in [1.165, 1.54) is 28.0 Å². The lowest BCUT2D eigenvalue weighted by Gasteiger charge is -2.04. The summed E-state index contributed by atoms with van der Waals surface area (Å²) in [6.07, 6.45) is 1.10. The van der Waals surface area contributed by atoms with Gasteiger partial charge in [0, 0.05) is 16.8 Å². The van der Waals surface area contributed by atoms with E-state index in [-0.39, 0.29) is 18.3 Å². The summed E-state index contributed by atoms with van der Waals surface area (Å²) in [6, 6.07) is 10.2. The number of thiazole rings is 1. The van der Waals surface area contributed by atoms with Crippen molar-refractivity contribution < 1.29 is 14.3 Å². The minimum Gasteiger partial charge on any atom is -0.466 e. The number of carbonyl (C=O) groups is 2. The van der Waals surface area contributed by atoms with Crippen molar-refractivity contribution in [2.24, 2.45) is 0 Å². The van der Waals surface area contributed by atoms with Crippen LogP contribution in [0, 0.1) is 0 Å². The van der Waals surface area contributed by atoms with E-state index in [0.29, 0.717) is 24.6 Å². The van der Waals surface area contributed by atoms with Gasteiger partial charge in [-0.05, 0) is 31.2 Å². The minimum absolute atomic E-state index is 0.00172. The van der Waals surface area contributed by atoms with Crippen molar-refractivity contribution in [3.05, 3.63) is 41.4 Å². The second kappa shape index (κ2) is 12.0. The van der Waals surface area contributed by atoms with Crippen molar-refractivity contribution in [1.29, 1.82) is 0 Å². The van der Waals surface area contributed by atoms with E-state index < -0.39 is 0 Å². The molecular formula is C18H22N2O3S3. The quantitative estimate of drug-likeness (QED) is 0.347. The van der Waals surface area contributed by atoms with Crippen LogP contribution in [-0.4, -0.2) is 41.5 Å². The largest absolute Gasteiger partial charge is 0.466 e. The summed E-state index contributed by atoms with van der Waals surface area (Å²) in [7, 11) is 0. The van der Waals surface area contributed by atoms with Gasteiger partial charge in [-0.15, -0.1) is 23.1 Å². The molecule has 1 aromatic heterocycles. The standard InChI is InChI=1S/C18H22N2O3S3/c1-2-23-17(22)11-14-12-25-18(20-14)26-13-16(21)19-9-6-10-24-15-7-4-3-5-8-15/h3-5,7-8,12H,2,6,9-11,13H2,1H3,(H,19,21). The number of hydrogen-bond acceptors (Lipinski definition) is 7. The number of ether oxygens (including phenoxy) is 1. The first-order valence-electron chi connectivity index (χ1n) is 8.34. The Labute approximate surface area is 166 Å². The van der Waals surface area contributed by atoms with Gasteiger partial charge in [-0.2, -0.15) is 0 Å². The molecule has 0 aliphatic rings. The molecule has 0 spiro atoms. The van der Waals surface area contributed by atoms with Gasteiger partial charge in [0.25, 0.3) is 0 Å². The Hall–Kier alpha value is -1.51. The van der Waals surface area contributed by atoms with E-state index in [4.69, 9.17) is 4.74 Å². The van der Waals surface area contributed by atoms with E-state index in [2.05, 4.69) is 22.4 Å². The second-order valence-electron chi connectivity index (χ2n) is 5.24. The fourth-order valence-corrected chi connectivity index (χ4v) is 4.53. The van der Waals surface area contributed by atoms with Crippen molar-refractivity contribution in [1.82, 2.24) is 10.3 Å². The summed E-state index contributed by atoms with van der Waals surface area (Å²) in [5.74, 6) is 1.03. The molecule has 0 unspecified atom stereocenters. The smallest absolute Gasteiger partial charge is 0.311 e. The molecule has 0 fully saturated rings. The first kappa shape index (κ1) is 20.8. The highest BCUT2D eigenvalue weighted by Gasteiger charge is 2.10. The van der Waals surface area contributed by atoms with Gasteiger partial charge in [-0.3, -0.25) is 9.59 Å². The number of hydrogen-bond donors (Lipinski definition) is 1. The minimum atomic E-state index is -0.277. The number of esters is 1. The van der Waals surface area contributed by atoms with Crippen LogP contribution in [0.15, 0.2) is 44.9 Å². The van der Waals surface area contributed by atoms with Gasteiger partial charge in [0.1, 0.15) is 0 Å². The molecule has 0 atom stereocenters. The van der Waals surface area contributed by atoms with Crippen LogP contribution in [0.2, 0.25) is 0 Å². The van der Waals surface area contributed by atoms with Gasteiger partial charge in [0.15, 0.2) is 4.34 Å². The maximum Gasteiger partial charge on any atom is 0.311 e. The van der Waals surface area contributed by atoms with Crippen LogP contribution in [0.1, 0.15) is 19.0 Å². The van der Waals surface area contributed by atoms with Crippen LogP contribution >= 0.6 is 34.9 Å². The van der Waals surface area contributed by atoms with E-state index in [1.807, 2.05) is 23.6 Å². The van der Waals surface area contributed by atoms with Crippen LogP contribution in [0.3, 0.4) is 0 Å². The second-order valence-corrected chi connectivity index (χ2v) is 8.49. The third kappa shape index (κ3) is 8.25. The highest BCUT2D eigenvalue weighted by atomic mass is 32.2. The molecule has 1 heterocycles. The van der Waals surface area contributed by atoms with Crippen molar-refractivity contribution in [2.45, 2.75) is 29.0 Å². The van der Waals surface area contributed by atoms with Gasteiger partial charge in [0.2, 0.25) is 5.91 Å². The van der Waals surface area contributed by atoms with E-state index in [0.717, 1.165) is 16.5 Å². The van der Waals surface area contributed by atoms with Gasteiger partial charge in [-0.1, -0.05) is 30.0 Å². The molecule has 8 heteroatoms. The Morgan fingerprint density at radius 3 is 2.81 bits per heavy atom. The van der Waals surface area contributed by atoms with E-state index >= 15 is 0 Å². The van der Waals surface area contributed by atoms with E-state index in [1.54, 1.807) is 18.7 Å². The Balaban J connectivity index is 1.57. The lowest BCUT2D eigenvalue weighted by molar-refractivity contribution is -0.142. The first-order valence-corrected chi connectivity index (χ1v) is 11.2. The molecule has 1 aromatic carbocycles. The predicted molar refractivity (Wildman–Crippen MR) is 108 cm³/mol. The average Bonchev–Trinajstić information content (AvgIpc) is 3.08. The molecule has 0 bridgehead atoms. The van der Waals surface area contributed by atoms with Crippen LogP contribution in [-0.2, 0) is 20.7 Å². The number of rotatable bonds is 11. The summed E-state index contributed by atoms with van der Waals surface area (Å²) < 4.78 is 5.69. The summed E-state index contributed by atoms with van der Waals surface area (Å²) in [5.41, 5.74) is 0.689. The van der Waals surface area contributed by atoms with Gasteiger partial charge in [-0.25, -0.2) is 4.98 Å². The molecule has 1 amide bonds. The van der Waals surface area contributed by atoms with Crippen molar-refractivity contribution in [3.8, 4) is 0 Å². The van der Waals surface area contributed by atoms with Crippen LogP contribution in [0.4, 0.5) is 0 Å². The van der Waals surface area contributed by atoms with Crippen molar-refractivity contribution in [2.75, 3.05) is 24.7 Å². The molecule has 0 aliphatic heterocycles. The maximum atomic E-state index is 11.9. The molecule has 26 heavy (non-hydrogen) atoms. The highest BCUT2D eigenvalue weighted by molar-refractivity contribution is 8.01. The van der Waals surface area contributed by atoms with Crippen LogP contribution < -0.4 is 5.32 Å². The van der Waals surface area contributed by atoms with Crippen molar-refractivity contribution in [3.63, 3.8) is 0 Å². The number of amides is 1. The van der Waals surface area contributed by atoms with E-state index in [9.17, 15) is 9.59 Å². The third-order valence-corrected chi connectivity index (χ3v) is 6.31. The number of thioether (sulfide) groups is 2. The zero-order valence-corrected chi connectivity index (χ0v) is 17.1. The summed E-state index contributed by atoms with van der Waals surface area (Å²) in [5, 5.41) is 4.76. The van der Waals surface area contributed by atoms with Gasteiger partial charge >= 0.3 is 5.97 Å². The molecule has 0 radical (unpaired) electrons. The monoisotopic (exact) mass is 410 g/mol. The SMILES string of the molecule is CCOC(=O)Cc1csc(SCC(=O)NCCCSc2ccccc2)n1. The van der Waals surface area contributed by atoms with Gasteiger partial charge < -0.3 is 10.1 Å². The Kier molecular flexibility index (Phi) is 9.58. The number of carbonyl (C=O) groups excluding carboxylic acids is 2. The molecule has 5 nitrogen and oxygen atoms in total. The number of benzene rings is 1. The molecule has 2 aromatic rings. The average molecular weight is 411 g/mol. The predicted octanol–water partition coefficient (Wildman–Crippen LogP) is 3.64. The number of nitrogens with zero attached hydrogens (tertiary/aromatic N) is 1. The van der Waals surface area contributed by atoms with Crippen LogP contribution in [0.25, 0.3) is 0 Å². The molecule has 0 aliphatic carbocycles. The Bertz CT molecular complexity index is 692. The number of aromatic nitrogens is 1. The van der Waals surface area contributed by atoms with Gasteiger partial charge in [0.05, 0.1) is 24.5 Å². The third-order valence-electron chi connectivity index (χ3n) is 3.14. The fraction of sp³-hybridized carbons (Fsp3) is 0.389. The zero-order valence-electron chi connectivity index (χ0n) is 14.6. The van der Waals surface area contributed by atoms with Crippen LogP contribution in [0.5, 0.6) is 0 Å². The Morgan fingerprint density at radius 1 is 1.23 bits per heavy atom. The molecule has 140 valence electrons. The number of nitrogens with one attached hydrogen (secondary N) is 1. The lowest BCUT2D eigenvalue weighted by Crippen LogP contribution is -2.26. The molecule has 2 rings (SSSR count).